The molecule has 0 radical (unpaired) electrons. The number of allylic oxidation sites excluding steroid dienone is 1. The molecular formula is C30H31NO5. The third kappa shape index (κ3) is 5.54. The van der Waals surface area contributed by atoms with E-state index >= 15 is 0 Å². The Hall–Kier alpha value is -4.19. The Balaban J connectivity index is 1.63. The average Bonchev–Trinajstić information content (AvgIpc) is 3.31. The summed E-state index contributed by atoms with van der Waals surface area (Å²) in [5, 5.41) is 3.89. The number of carbonyl (C=O) groups excluding carboxylic acids is 1. The molecule has 1 N–H and O–H groups in total. The Bertz CT molecular complexity index is 1370. The van der Waals surface area contributed by atoms with Gasteiger partial charge in [-0.1, -0.05) is 36.4 Å². The van der Waals surface area contributed by atoms with Crippen molar-refractivity contribution < 1.29 is 23.4 Å². The standard InChI is InChI=1S/C30H31NO5/c1-5-35-27-18-28-24(25(19-36-28)22-11-12-26(33-3)29(16-22)34-4)17-23(27)20(2)15-30(32)31-14-13-21-9-7-6-8-10-21/h6-12,15-19H,5,13-14H2,1-4H3,(H,31,32)/b20-15+. The van der Waals surface area contributed by atoms with Crippen LogP contribution in [0.5, 0.6) is 17.2 Å². The molecule has 0 aliphatic heterocycles. The van der Waals surface area contributed by atoms with Crippen LogP contribution in [0.15, 0.2) is 77.4 Å². The van der Waals surface area contributed by atoms with Crippen molar-refractivity contribution in [2.75, 3.05) is 27.4 Å². The highest BCUT2D eigenvalue weighted by Gasteiger charge is 2.16. The Morgan fingerprint density at radius 1 is 0.972 bits per heavy atom. The predicted molar refractivity (Wildman–Crippen MR) is 143 cm³/mol. The number of benzene rings is 3. The van der Waals surface area contributed by atoms with Crippen LogP contribution in [0.3, 0.4) is 0 Å². The smallest absolute Gasteiger partial charge is 0.244 e. The molecule has 0 aliphatic carbocycles. The van der Waals surface area contributed by atoms with Gasteiger partial charge < -0.3 is 23.9 Å². The number of furan rings is 1. The van der Waals surface area contributed by atoms with Gasteiger partial charge in [-0.25, -0.2) is 0 Å². The SMILES string of the molecule is CCOc1cc2occ(-c3ccc(OC)c(OC)c3)c2cc1/C(C)=C/C(=O)NCCc1ccccc1. The maximum Gasteiger partial charge on any atom is 0.244 e. The van der Waals surface area contributed by atoms with E-state index in [-0.39, 0.29) is 5.91 Å². The summed E-state index contributed by atoms with van der Waals surface area (Å²) in [7, 11) is 3.22. The third-order valence-corrected chi connectivity index (χ3v) is 6.00. The van der Waals surface area contributed by atoms with Crippen molar-refractivity contribution in [3.05, 3.63) is 84.1 Å². The van der Waals surface area contributed by atoms with E-state index in [2.05, 4.69) is 17.4 Å². The molecule has 3 aromatic carbocycles. The highest BCUT2D eigenvalue weighted by molar-refractivity contribution is 6.00. The van der Waals surface area contributed by atoms with E-state index < -0.39 is 0 Å². The zero-order chi connectivity index (χ0) is 25.5. The zero-order valence-corrected chi connectivity index (χ0v) is 21.1. The van der Waals surface area contributed by atoms with Crippen LogP contribution in [0.4, 0.5) is 0 Å². The fourth-order valence-electron chi connectivity index (χ4n) is 4.17. The summed E-state index contributed by atoms with van der Waals surface area (Å²) in [6.45, 7) is 4.91. The second-order valence-corrected chi connectivity index (χ2v) is 8.35. The maximum atomic E-state index is 12.6. The maximum absolute atomic E-state index is 12.6. The van der Waals surface area contributed by atoms with Crippen LogP contribution in [0, 0.1) is 0 Å². The molecular weight excluding hydrogens is 454 g/mol. The van der Waals surface area contributed by atoms with Crippen molar-refractivity contribution >= 4 is 22.4 Å². The van der Waals surface area contributed by atoms with Gasteiger partial charge in [0.05, 0.1) is 27.1 Å². The number of fused-ring (bicyclic) bond motifs is 1. The quantitative estimate of drug-likeness (QED) is 0.268. The minimum absolute atomic E-state index is 0.140. The summed E-state index contributed by atoms with van der Waals surface area (Å²) >= 11 is 0. The number of hydrogen-bond acceptors (Lipinski definition) is 5. The highest BCUT2D eigenvalue weighted by atomic mass is 16.5. The lowest BCUT2D eigenvalue weighted by Gasteiger charge is -2.12. The zero-order valence-electron chi connectivity index (χ0n) is 21.1. The lowest BCUT2D eigenvalue weighted by Crippen LogP contribution is -2.23. The summed E-state index contributed by atoms with van der Waals surface area (Å²) in [6, 6.07) is 19.7. The van der Waals surface area contributed by atoms with Gasteiger partial charge in [0.1, 0.15) is 11.3 Å². The topological polar surface area (TPSA) is 69.9 Å². The monoisotopic (exact) mass is 485 g/mol. The number of hydrogen-bond donors (Lipinski definition) is 1. The Labute approximate surface area is 211 Å². The van der Waals surface area contributed by atoms with Gasteiger partial charge in [0, 0.05) is 35.2 Å². The third-order valence-electron chi connectivity index (χ3n) is 6.00. The second kappa shape index (κ2) is 11.5. The van der Waals surface area contributed by atoms with E-state index in [1.807, 2.05) is 62.4 Å². The van der Waals surface area contributed by atoms with Crippen molar-refractivity contribution in [2.45, 2.75) is 20.3 Å². The van der Waals surface area contributed by atoms with Crippen molar-refractivity contribution in [1.29, 1.82) is 0 Å². The fourth-order valence-corrected chi connectivity index (χ4v) is 4.17. The lowest BCUT2D eigenvalue weighted by atomic mass is 9.99. The minimum Gasteiger partial charge on any atom is -0.493 e. The van der Waals surface area contributed by atoms with Gasteiger partial charge in [-0.3, -0.25) is 4.79 Å². The number of nitrogens with one attached hydrogen (secondary N) is 1. The van der Waals surface area contributed by atoms with Gasteiger partial charge in [0.25, 0.3) is 0 Å². The minimum atomic E-state index is -0.140. The summed E-state index contributed by atoms with van der Waals surface area (Å²) in [4.78, 5) is 12.6. The van der Waals surface area contributed by atoms with Gasteiger partial charge in [0.2, 0.25) is 5.91 Å². The van der Waals surface area contributed by atoms with E-state index in [0.717, 1.165) is 34.1 Å². The largest absolute Gasteiger partial charge is 0.493 e. The van der Waals surface area contributed by atoms with Gasteiger partial charge in [-0.05, 0) is 55.2 Å². The van der Waals surface area contributed by atoms with Crippen molar-refractivity contribution in [2.24, 2.45) is 0 Å². The first kappa shape index (κ1) is 24.9. The van der Waals surface area contributed by atoms with Gasteiger partial charge in [0.15, 0.2) is 11.5 Å². The van der Waals surface area contributed by atoms with Crippen LogP contribution in [-0.2, 0) is 11.2 Å². The van der Waals surface area contributed by atoms with Crippen molar-refractivity contribution in [3.8, 4) is 28.4 Å². The number of methoxy groups -OCH3 is 2. The van der Waals surface area contributed by atoms with Crippen LogP contribution < -0.4 is 19.5 Å². The van der Waals surface area contributed by atoms with E-state index in [4.69, 9.17) is 18.6 Å². The van der Waals surface area contributed by atoms with Crippen molar-refractivity contribution in [3.63, 3.8) is 0 Å². The van der Waals surface area contributed by atoms with Gasteiger partial charge in [-0.2, -0.15) is 0 Å². The number of amides is 1. The van der Waals surface area contributed by atoms with Crippen LogP contribution >= 0.6 is 0 Å². The number of ether oxygens (including phenoxy) is 3. The average molecular weight is 486 g/mol. The molecule has 0 saturated heterocycles. The molecule has 186 valence electrons. The summed E-state index contributed by atoms with van der Waals surface area (Å²) in [6.07, 6.45) is 4.12. The molecule has 6 heteroatoms. The van der Waals surface area contributed by atoms with Crippen LogP contribution in [-0.4, -0.2) is 33.3 Å². The number of rotatable bonds is 10. The van der Waals surface area contributed by atoms with Gasteiger partial charge >= 0.3 is 0 Å². The van der Waals surface area contributed by atoms with E-state index in [1.54, 1.807) is 26.6 Å². The number of carbonyl (C=O) groups is 1. The van der Waals surface area contributed by atoms with E-state index in [9.17, 15) is 4.79 Å². The molecule has 0 atom stereocenters. The molecule has 1 aromatic heterocycles. The Morgan fingerprint density at radius 2 is 1.75 bits per heavy atom. The van der Waals surface area contributed by atoms with Crippen molar-refractivity contribution in [1.82, 2.24) is 5.32 Å². The van der Waals surface area contributed by atoms with E-state index in [1.165, 1.54) is 5.56 Å². The molecule has 0 aliphatic rings. The molecule has 0 bridgehead atoms. The Morgan fingerprint density at radius 3 is 2.47 bits per heavy atom. The second-order valence-electron chi connectivity index (χ2n) is 8.35. The molecule has 4 aromatic rings. The van der Waals surface area contributed by atoms with Crippen LogP contribution in [0.2, 0.25) is 0 Å². The molecule has 0 spiro atoms. The van der Waals surface area contributed by atoms with E-state index in [0.29, 0.717) is 36.0 Å². The molecule has 0 saturated carbocycles. The molecule has 36 heavy (non-hydrogen) atoms. The molecule has 4 rings (SSSR count). The van der Waals surface area contributed by atoms with Crippen LogP contribution in [0.1, 0.15) is 25.0 Å². The summed E-state index contributed by atoms with van der Waals surface area (Å²) < 4.78 is 22.6. The van der Waals surface area contributed by atoms with Crippen LogP contribution in [0.25, 0.3) is 27.7 Å². The highest BCUT2D eigenvalue weighted by Crippen LogP contribution is 2.40. The predicted octanol–water partition coefficient (Wildman–Crippen LogP) is 6.28. The molecule has 6 nitrogen and oxygen atoms in total. The molecule has 0 unspecified atom stereocenters. The fraction of sp³-hybridized carbons (Fsp3) is 0.233. The first-order chi connectivity index (χ1) is 17.5. The first-order valence-corrected chi connectivity index (χ1v) is 11.9. The first-order valence-electron chi connectivity index (χ1n) is 11.9. The molecule has 1 amide bonds. The lowest BCUT2D eigenvalue weighted by molar-refractivity contribution is -0.116. The normalized spacial score (nSPS) is 11.4. The van der Waals surface area contributed by atoms with Gasteiger partial charge in [-0.15, -0.1) is 0 Å². The summed E-state index contributed by atoms with van der Waals surface area (Å²) in [5.41, 5.74) is 5.37. The summed E-state index contributed by atoms with van der Waals surface area (Å²) in [5.74, 6) is 1.83. The molecule has 1 heterocycles. The Kier molecular flexibility index (Phi) is 7.95. The molecule has 0 fully saturated rings.